The monoisotopic (exact) mass is 441 g/mol. The maximum atomic E-state index is 13.8. The number of benzene rings is 3. The van der Waals surface area contributed by atoms with Crippen molar-refractivity contribution in [3.8, 4) is 5.69 Å². The van der Waals surface area contributed by atoms with Crippen LogP contribution in [-0.2, 0) is 6.54 Å². The fraction of sp³-hybridized carbons (Fsp3) is 0.148. The Labute approximate surface area is 193 Å². The Morgan fingerprint density at radius 1 is 0.969 bits per heavy atom. The number of rotatable bonds is 2. The zero-order valence-corrected chi connectivity index (χ0v) is 18.8. The Morgan fingerprint density at radius 2 is 1.75 bits per heavy atom. The van der Waals surface area contributed by atoms with E-state index < -0.39 is 0 Å². The molecule has 4 nitrogen and oxygen atoms in total. The molecule has 1 aliphatic rings. The lowest BCUT2D eigenvalue weighted by molar-refractivity contribution is 0.194. The predicted molar refractivity (Wildman–Crippen MR) is 130 cm³/mol. The van der Waals surface area contributed by atoms with Gasteiger partial charge in [-0.05, 0) is 60.9 Å². The number of nitrogens with zero attached hydrogens (tertiary/aromatic N) is 2. The highest BCUT2D eigenvalue weighted by Gasteiger charge is 2.34. The summed E-state index contributed by atoms with van der Waals surface area (Å²) in [5.41, 5.74) is 7.06. The normalized spacial score (nSPS) is 15.0. The van der Waals surface area contributed by atoms with E-state index in [4.69, 9.17) is 11.6 Å². The van der Waals surface area contributed by atoms with Crippen molar-refractivity contribution in [2.24, 2.45) is 0 Å². The van der Waals surface area contributed by atoms with Gasteiger partial charge in [-0.2, -0.15) is 0 Å². The van der Waals surface area contributed by atoms with Gasteiger partial charge >= 0.3 is 6.03 Å². The first-order valence-corrected chi connectivity index (χ1v) is 11.1. The van der Waals surface area contributed by atoms with Crippen LogP contribution in [0.2, 0.25) is 5.02 Å². The molecular weight excluding hydrogens is 418 g/mol. The molecule has 32 heavy (non-hydrogen) atoms. The van der Waals surface area contributed by atoms with E-state index in [1.165, 1.54) is 0 Å². The lowest BCUT2D eigenvalue weighted by atomic mass is 10.0. The Kier molecular flexibility index (Phi) is 5.24. The fourth-order valence-corrected chi connectivity index (χ4v) is 4.74. The molecule has 1 aliphatic heterocycles. The van der Waals surface area contributed by atoms with Gasteiger partial charge in [0.25, 0.3) is 0 Å². The van der Waals surface area contributed by atoms with Crippen molar-refractivity contribution in [2.75, 3.05) is 5.32 Å². The first kappa shape index (κ1) is 20.4. The van der Waals surface area contributed by atoms with Gasteiger partial charge in [-0.15, -0.1) is 0 Å². The van der Waals surface area contributed by atoms with Crippen molar-refractivity contribution in [3.63, 3.8) is 0 Å². The van der Waals surface area contributed by atoms with Crippen molar-refractivity contribution < 1.29 is 4.79 Å². The molecule has 0 unspecified atom stereocenters. The zero-order chi connectivity index (χ0) is 22.2. The molecule has 2 amide bonds. The minimum Gasteiger partial charge on any atom is -0.318 e. The quantitative estimate of drug-likeness (QED) is 0.361. The lowest BCUT2D eigenvalue weighted by Crippen LogP contribution is -2.38. The third kappa shape index (κ3) is 3.57. The second kappa shape index (κ2) is 8.21. The van der Waals surface area contributed by atoms with Crippen LogP contribution in [0.5, 0.6) is 0 Å². The molecule has 0 bridgehead atoms. The van der Waals surface area contributed by atoms with E-state index in [1.54, 1.807) is 0 Å². The highest BCUT2D eigenvalue weighted by atomic mass is 35.5. The molecule has 4 aromatic rings. The maximum Gasteiger partial charge on any atom is 0.322 e. The van der Waals surface area contributed by atoms with E-state index in [-0.39, 0.29) is 12.1 Å². The van der Waals surface area contributed by atoms with Crippen LogP contribution < -0.4 is 5.32 Å². The number of carbonyl (C=O) groups excluding carboxylic acids is 1. The summed E-state index contributed by atoms with van der Waals surface area (Å²) in [5, 5.41) is 3.78. The van der Waals surface area contributed by atoms with Crippen LogP contribution in [0.3, 0.4) is 0 Å². The number of amides is 2. The first-order chi connectivity index (χ1) is 15.5. The van der Waals surface area contributed by atoms with E-state index in [0.717, 1.165) is 39.3 Å². The Bertz CT molecular complexity index is 1310. The van der Waals surface area contributed by atoms with Gasteiger partial charge in [0.15, 0.2) is 0 Å². The van der Waals surface area contributed by atoms with Crippen LogP contribution in [0.4, 0.5) is 10.5 Å². The van der Waals surface area contributed by atoms with Crippen molar-refractivity contribution in [3.05, 3.63) is 118 Å². The van der Waals surface area contributed by atoms with Crippen molar-refractivity contribution in [2.45, 2.75) is 26.4 Å². The van der Waals surface area contributed by atoms with E-state index in [0.29, 0.717) is 11.6 Å². The maximum absolute atomic E-state index is 13.8. The third-order valence-electron chi connectivity index (χ3n) is 6.05. The molecule has 5 heteroatoms. The average molecular weight is 442 g/mol. The zero-order valence-electron chi connectivity index (χ0n) is 18.0. The van der Waals surface area contributed by atoms with Crippen LogP contribution in [0.25, 0.3) is 5.69 Å². The molecule has 1 atom stereocenters. The number of urea groups is 1. The van der Waals surface area contributed by atoms with Crippen LogP contribution in [0.1, 0.15) is 34.0 Å². The number of anilines is 1. The summed E-state index contributed by atoms with van der Waals surface area (Å²) in [6.07, 6.45) is 2.05. The SMILES string of the molecule is Cc1ccc(NC(=O)N2Cc3ccccc3-n3cccc3[C@@H]2c2ccccc2Cl)c(C)c1. The summed E-state index contributed by atoms with van der Waals surface area (Å²) in [7, 11) is 0. The molecule has 5 rings (SSSR count). The summed E-state index contributed by atoms with van der Waals surface area (Å²) >= 11 is 6.66. The molecule has 0 fully saturated rings. The second-order valence-corrected chi connectivity index (χ2v) is 8.64. The standard InChI is InChI=1S/C27H24ClN3O/c1-18-13-14-23(19(2)16-18)29-27(32)31-17-20-8-3-6-11-24(20)30-15-7-12-25(30)26(31)21-9-4-5-10-22(21)28/h3-16,26H,17H2,1-2H3,(H,29,32)/t26-/m0/s1. The second-order valence-electron chi connectivity index (χ2n) is 8.23. The highest BCUT2D eigenvalue weighted by Crippen LogP contribution is 2.39. The number of carbonyl (C=O) groups is 1. The van der Waals surface area contributed by atoms with Crippen LogP contribution in [-0.4, -0.2) is 15.5 Å². The predicted octanol–water partition coefficient (Wildman–Crippen LogP) is 6.88. The van der Waals surface area contributed by atoms with E-state index >= 15 is 0 Å². The summed E-state index contributed by atoms with van der Waals surface area (Å²) < 4.78 is 2.16. The average Bonchev–Trinajstić information content (AvgIpc) is 3.21. The number of aromatic nitrogens is 1. The molecule has 1 aromatic heterocycles. The largest absolute Gasteiger partial charge is 0.322 e. The number of hydrogen-bond acceptors (Lipinski definition) is 1. The summed E-state index contributed by atoms with van der Waals surface area (Å²) in [6, 6.07) is 25.6. The van der Waals surface area contributed by atoms with E-state index in [9.17, 15) is 4.79 Å². The van der Waals surface area contributed by atoms with Gasteiger partial charge in [-0.1, -0.05) is 65.7 Å². The summed E-state index contributed by atoms with van der Waals surface area (Å²) in [5.74, 6) is 0. The van der Waals surface area contributed by atoms with Crippen molar-refractivity contribution >= 4 is 23.3 Å². The van der Waals surface area contributed by atoms with Gasteiger partial charge in [0.05, 0.1) is 17.9 Å². The number of aryl methyl sites for hydroxylation is 2. The number of halogens is 1. The van der Waals surface area contributed by atoms with Crippen molar-refractivity contribution in [1.82, 2.24) is 9.47 Å². The topological polar surface area (TPSA) is 37.3 Å². The lowest BCUT2D eigenvalue weighted by Gasteiger charge is -2.31. The molecule has 2 heterocycles. The summed E-state index contributed by atoms with van der Waals surface area (Å²) in [4.78, 5) is 15.6. The minimum absolute atomic E-state index is 0.161. The van der Waals surface area contributed by atoms with E-state index in [1.807, 2.05) is 79.5 Å². The number of hydrogen-bond donors (Lipinski definition) is 1. The number of fused-ring (bicyclic) bond motifs is 3. The summed E-state index contributed by atoms with van der Waals surface area (Å²) in [6.45, 7) is 4.52. The molecule has 0 saturated heterocycles. The fourth-order valence-electron chi connectivity index (χ4n) is 4.50. The molecular formula is C27H24ClN3O. The first-order valence-electron chi connectivity index (χ1n) is 10.7. The molecule has 3 aromatic carbocycles. The Morgan fingerprint density at radius 3 is 2.56 bits per heavy atom. The van der Waals surface area contributed by atoms with Gasteiger partial charge in [-0.25, -0.2) is 4.79 Å². The van der Waals surface area contributed by atoms with Gasteiger partial charge < -0.3 is 14.8 Å². The molecule has 0 saturated carbocycles. The van der Waals surface area contributed by atoms with Crippen LogP contribution in [0, 0.1) is 13.8 Å². The van der Waals surface area contributed by atoms with Gasteiger partial charge in [-0.3, -0.25) is 0 Å². The molecule has 0 spiro atoms. The highest BCUT2D eigenvalue weighted by molar-refractivity contribution is 6.31. The number of para-hydroxylation sites is 1. The third-order valence-corrected chi connectivity index (χ3v) is 6.39. The Balaban J connectivity index is 1.65. The molecule has 1 N–H and O–H groups in total. The van der Waals surface area contributed by atoms with E-state index in [2.05, 4.69) is 34.1 Å². The molecule has 0 aliphatic carbocycles. The minimum atomic E-state index is -0.336. The molecule has 0 radical (unpaired) electrons. The van der Waals surface area contributed by atoms with Gasteiger partial charge in [0.1, 0.15) is 6.04 Å². The van der Waals surface area contributed by atoms with Gasteiger partial charge in [0.2, 0.25) is 0 Å². The Hall–Kier alpha value is -3.50. The smallest absolute Gasteiger partial charge is 0.318 e. The van der Waals surface area contributed by atoms with Crippen molar-refractivity contribution in [1.29, 1.82) is 0 Å². The van der Waals surface area contributed by atoms with Gasteiger partial charge in [0, 0.05) is 16.9 Å². The van der Waals surface area contributed by atoms with Crippen LogP contribution >= 0.6 is 11.6 Å². The van der Waals surface area contributed by atoms with Crippen LogP contribution in [0.15, 0.2) is 85.1 Å². The number of nitrogens with one attached hydrogen (secondary N) is 1. The molecule has 160 valence electrons.